The zero-order chi connectivity index (χ0) is 20.4. The SMILES string of the molecule is O=C(OCC(=O)N(c1ccccc1)[C@H]1C=CS(=O)(=O)C1)c1c[nH]c2ccccc12. The maximum absolute atomic E-state index is 12.9. The molecule has 0 saturated heterocycles. The molecule has 7 nitrogen and oxygen atoms in total. The number of anilines is 1. The van der Waals surface area contributed by atoms with Gasteiger partial charge >= 0.3 is 5.97 Å². The van der Waals surface area contributed by atoms with Crippen LogP contribution in [0.3, 0.4) is 0 Å². The summed E-state index contributed by atoms with van der Waals surface area (Å²) in [5.41, 5.74) is 1.66. The van der Waals surface area contributed by atoms with E-state index in [1.807, 2.05) is 18.2 Å². The van der Waals surface area contributed by atoms with Gasteiger partial charge in [-0.3, -0.25) is 4.79 Å². The van der Waals surface area contributed by atoms with E-state index in [9.17, 15) is 18.0 Å². The van der Waals surface area contributed by atoms with Crippen molar-refractivity contribution in [1.82, 2.24) is 4.98 Å². The fourth-order valence-electron chi connectivity index (χ4n) is 3.34. The summed E-state index contributed by atoms with van der Waals surface area (Å²) in [6.45, 7) is -0.502. The number of esters is 1. The summed E-state index contributed by atoms with van der Waals surface area (Å²) in [6.07, 6.45) is 3.01. The number of nitrogens with zero attached hydrogens (tertiary/aromatic N) is 1. The van der Waals surface area contributed by atoms with Crippen LogP contribution in [0.15, 0.2) is 72.3 Å². The van der Waals surface area contributed by atoms with Crippen LogP contribution in [-0.2, 0) is 19.4 Å². The zero-order valence-corrected chi connectivity index (χ0v) is 16.1. The molecule has 0 saturated carbocycles. The van der Waals surface area contributed by atoms with E-state index in [1.165, 1.54) is 11.0 Å². The summed E-state index contributed by atoms with van der Waals surface area (Å²) in [6, 6.07) is 15.3. The molecule has 4 rings (SSSR count). The third kappa shape index (κ3) is 3.93. The third-order valence-corrected chi connectivity index (χ3v) is 6.06. The number of rotatable bonds is 5. The van der Waals surface area contributed by atoms with Gasteiger partial charge in [-0.25, -0.2) is 13.2 Å². The molecule has 29 heavy (non-hydrogen) atoms. The number of ether oxygens (including phenoxy) is 1. The topological polar surface area (TPSA) is 96.5 Å². The smallest absolute Gasteiger partial charge is 0.340 e. The lowest BCUT2D eigenvalue weighted by Crippen LogP contribution is -2.43. The Bertz CT molecular complexity index is 1200. The van der Waals surface area contributed by atoms with Crippen molar-refractivity contribution in [2.24, 2.45) is 0 Å². The fourth-order valence-corrected chi connectivity index (χ4v) is 4.61. The van der Waals surface area contributed by atoms with Crippen LogP contribution in [0, 0.1) is 0 Å². The van der Waals surface area contributed by atoms with Gasteiger partial charge in [0.25, 0.3) is 5.91 Å². The molecule has 0 fully saturated rings. The van der Waals surface area contributed by atoms with Gasteiger partial charge < -0.3 is 14.6 Å². The Balaban J connectivity index is 1.52. The van der Waals surface area contributed by atoms with E-state index in [2.05, 4.69) is 4.98 Å². The number of amides is 1. The Morgan fingerprint density at radius 3 is 2.52 bits per heavy atom. The first-order chi connectivity index (χ1) is 13.9. The molecular weight excluding hydrogens is 392 g/mol. The van der Waals surface area contributed by atoms with E-state index in [-0.39, 0.29) is 5.75 Å². The summed E-state index contributed by atoms with van der Waals surface area (Å²) >= 11 is 0. The highest BCUT2D eigenvalue weighted by atomic mass is 32.2. The zero-order valence-electron chi connectivity index (χ0n) is 15.3. The van der Waals surface area contributed by atoms with Gasteiger partial charge in [0.15, 0.2) is 16.4 Å². The largest absolute Gasteiger partial charge is 0.452 e. The molecule has 8 heteroatoms. The van der Waals surface area contributed by atoms with Crippen molar-refractivity contribution >= 4 is 38.3 Å². The van der Waals surface area contributed by atoms with Crippen LogP contribution in [0.2, 0.25) is 0 Å². The van der Waals surface area contributed by atoms with Gasteiger partial charge in [0.2, 0.25) is 0 Å². The van der Waals surface area contributed by atoms with E-state index in [0.29, 0.717) is 16.6 Å². The normalized spacial score (nSPS) is 17.3. The summed E-state index contributed by atoms with van der Waals surface area (Å²) in [7, 11) is -3.36. The van der Waals surface area contributed by atoms with Crippen LogP contribution in [0.25, 0.3) is 10.9 Å². The fraction of sp³-hybridized carbons (Fsp3) is 0.143. The first-order valence-electron chi connectivity index (χ1n) is 8.96. The predicted molar refractivity (Wildman–Crippen MR) is 109 cm³/mol. The van der Waals surface area contributed by atoms with Crippen LogP contribution < -0.4 is 4.90 Å². The van der Waals surface area contributed by atoms with Gasteiger partial charge in [-0.05, 0) is 24.3 Å². The minimum Gasteiger partial charge on any atom is -0.452 e. The minimum atomic E-state index is -3.36. The summed E-state index contributed by atoms with van der Waals surface area (Å²) in [4.78, 5) is 29.7. The number of sulfone groups is 1. The van der Waals surface area contributed by atoms with Gasteiger partial charge in [-0.1, -0.05) is 36.4 Å². The molecule has 1 atom stereocenters. The molecule has 0 unspecified atom stereocenters. The Morgan fingerprint density at radius 1 is 1.07 bits per heavy atom. The van der Waals surface area contributed by atoms with Crippen molar-refractivity contribution in [3.63, 3.8) is 0 Å². The highest BCUT2D eigenvalue weighted by Crippen LogP contribution is 2.23. The summed E-state index contributed by atoms with van der Waals surface area (Å²) < 4.78 is 28.9. The van der Waals surface area contributed by atoms with Crippen molar-refractivity contribution in [3.8, 4) is 0 Å². The molecule has 2 aromatic carbocycles. The van der Waals surface area contributed by atoms with E-state index in [4.69, 9.17) is 4.74 Å². The molecule has 148 valence electrons. The average molecular weight is 410 g/mol. The average Bonchev–Trinajstić information content (AvgIpc) is 3.30. The molecule has 3 aromatic rings. The summed E-state index contributed by atoms with van der Waals surface area (Å²) in [5, 5.41) is 1.81. The number of fused-ring (bicyclic) bond motifs is 1. The summed E-state index contributed by atoms with van der Waals surface area (Å²) in [5.74, 6) is -1.33. The Morgan fingerprint density at radius 2 is 1.79 bits per heavy atom. The number of aromatic amines is 1. The van der Waals surface area contributed by atoms with Crippen molar-refractivity contribution in [1.29, 1.82) is 0 Å². The van der Waals surface area contributed by atoms with E-state index in [0.717, 1.165) is 10.9 Å². The quantitative estimate of drug-likeness (QED) is 0.653. The van der Waals surface area contributed by atoms with Gasteiger partial charge in [-0.2, -0.15) is 0 Å². The predicted octanol–water partition coefficient (Wildman–Crippen LogP) is 2.67. The number of carbonyl (C=O) groups is 2. The second-order valence-corrected chi connectivity index (χ2v) is 8.58. The number of hydrogen-bond donors (Lipinski definition) is 1. The van der Waals surface area contributed by atoms with Crippen molar-refractivity contribution in [3.05, 3.63) is 77.8 Å². The number of para-hydroxylation sites is 2. The van der Waals surface area contributed by atoms with Crippen molar-refractivity contribution < 1.29 is 22.7 Å². The van der Waals surface area contributed by atoms with Gasteiger partial charge in [-0.15, -0.1) is 0 Å². The molecular formula is C21H18N2O5S. The number of H-pyrrole nitrogens is 1. The molecule has 1 N–H and O–H groups in total. The first-order valence-corrected chi connectivity index (χ1v) is 10.7. The van der Waals surface area contributed by atoms with Crippen LogP contribution in [0.5, 0.6) is 0 Å². The van der Waals surface area contributed by atoms with Crippen molar-refractivity contribution in [2.75, 3.05) is 17.3 Å². The van der Waals surface area contributed by atoms with Crippen LogP contribution in [0.1, 0.15) is 10.4 Å². The third-order valence-electron chi connectivity index (χ3n) is 4.68. The second kappa shape index (κ2) is 7.56. The molecule has 1 aliphatic heterocycles. The molecule has 1 aromatic heterocycles. The van der Waals surface area contributed by atoms with Gasteiger partial charge in [0, 0.05) is 28.2 Å². The number of nitrogens with one attached hydrogen (secondary N) is 1. The van der Waals surface area contributed by atoms with Crippen molar-refractivity contribution in [2.45, 2.75) is 6.04 Å². The lowest BCUT2D eigenvalue weighted by Gasteiger charge is -2.27. The Hall–Kier alpha value is -3.39. The van der Waals surface area contributed by atoms with Crippen LogP contribution in [-0.4, -0.2) is 43.7 Å². The van der Waals surface area contributed by atoms with Crippen LogP contribution in [0.4, 0.5) is 5.69 Å². The Kier molecular flexibility index (Phi) is 4.94. The highest BCUT2D eigenvalue weighted by Gasteiger charge is 2.32. The lowest BCUT2D eigenvalue weighted by molar-refractivity contribution is -0.121. The first kappa shape index (κ1) is 18.9. The lowest BCUT2D eigenvalue weighted by atomic mass is 10.2. The number of hydrogen-bond acceptors (Lipinski definition) is 5. The van der Waals surface area contributed by atoms with E-state index in [1.54, 1.807) is 42.6 Å². The standard InChI is InChI=1S/C21H18N2O5S/c24-20(13-28-21(25)18-12-22-19-9-5-4-8-17(18)19)23(15-6-2-1-3-7-15)16-10-11-29(26,27)14-16/h1-12,16,22H,13-14H2/t16-/m0/s1. The molecule has 2 heterocycles. The highest BCUT2D eigenvalue weighted by molar-refractivity contribution is 7.94. The molecule has 1 aliphatic rings. The molecule has 0 radical (unpaired) electrons. The van der Waals surface area contributed by atoms with E-state index < -0.39 is 34.4 Å². The van der Waals surface area contributed by atoms with E-state index >= 15 is 0 Å². The molecule has 0 bridgehead atoms. The Labute approximate surface area is 167 Å². The number of aromatic nitrogens is 1. The monoisotopic (exact) mass is 410 g/mol. The minimum absolute atomic E-state index is 0.204. The number of benzene rings is 2. The second-order valence-electron chi connectivity index (χ2n) is 6.65. The molecule has 1 amide bonds. The molecule has 0 aliphatic carbocycles. The molecule has 0 spiro atoms. The van der Waals surface area contributed by atoms with Gasteiger partial charge in [0.05, 0.1) is 17.4 Å². The van der Waals surface area contributed by atoms with Gasteiger partial charge in [0.1, 0.15) is 0 Å². The maximum atomic E-state index is 12.9. The van der Waals surface area contributed by atoms with Crippen LogP contribution >= 0.6 is 0 Å². The number of carbonyl (C=O) groups excluding carboxylic acids is 2. The maximum Gasteiger partial charge on any atom is 0.340 e.